The van der Waals surface area contributed by atoms with E-state index in [9.17, 15) is 0 Å². The van der Waals surface area contributed by atoms with Crippen LogP contribution in [0.1, 0.15) is 33.3 Å². The lowest BCUT2D eigenvalue weighted by atomic mass is 9.75. The molecule has 0 amide bonds. The molecule has 0 spiro atoms. The Labute approximate surface area is 121 Å². The number of aryl methyl sites for hydroxylation is 1. The Morgan fingerprint density at radius 2 is 1.35 bits per heavy atom. The molecule has 0 atom stereocenters. The summed E-state index contributed by atoms with van der Waals surface area (Å²) in [4.78, 5) is 0. The van der Waals surface area contributed by atoms with E-state index in [1.54, 1.807) is 0 Å². The van der Waals surface area contributed by atoms with Crippen LogP contribution in [0, 0.1) is 6.92 Å². The van der Waals surface area contributed by atoms with Gasteiger partial charge in [-0.25, -0.2) is 0 Å². The monoisotopic (exact) mass is 268 g/mol. The lowest BCUT2D eigenvalue weighted by Crippen LogP contribution is -2.41. The molecule has 1 aliphatic rings. The average Bonchev–Trinajstić information content (AvgIpc) is 2.59. The van der Waals surface area contributed by atoms with Crippen LogP contribution in [0.5, 0.6) is 0 Å². The minimum Gasteiger partial charge on any atom is -0.399 e. The van der Waals surface area contributed by atoms with Crippen LogP contribution in [-0.4, -0.2) is 18.3 Å². The Balaban J connectivity index is 2.11. The second kappa shape index (κ2) is 4.34. The summed E-state index contributed by atoms with van der Waals surface area (Å²) in [5, 5.41) is 2.48. The van der Waals surface area contributed by atoms with Crippen LogP contribution in [0.25, 0.3) is 10.8 Å². The molecule has 0 unspecified atom stereocenters. The molecule has 1 heterocycles. The first-order valence-electron chi connectivity index (χ1n) is 7.16. The molecule has 0 saturated carbocycles. The van der Waals surface area contributed by atoms with Gasteiger partial charge in [-0.05, 0) is 56.4 Å². The second-order valence-corrected chi connectivity index (χ2v) is 6.61. The first-order valence-corrected chi connectivity index (χ1v) is 7.16. The topological polar surface area (TPSA) is 18.5 Å². The lowest BCUT2D eigenvalue weighted by Gasteiger charge is -2.32. The predicted octanol–water partition coefficient (Wildman–Crippen LogP) is 3.45. The zero-order chi connectivity index (χ0) is 14.5. The van der Waals surface area contributed by atoms with Gasteiger partial charge in [0.2, 0.25) is 0 Å². The van der Waals surface area contributed by atoms with Gasteiger partial charge >= 0.3 is 7.12 Å². The highest BCUT2D eigenvalue weighted by Crippen LogP contribution is 2.37. The Bertz CT molecular complexity index is 645. The van der Waals surface area contributed by atoms with E-state index in [-0.39, 0.29) is 18.3 Å². The highest BCUT2D eigenvalue weighted by Gasteiger charge is 2.52. The molecule has 0 bridgehead atoms. The Hall–Kier alpha value is -1.32. The summed E-state index contributed by atoms with van der Waals surface area (Å²) < 4.78 is 12.4. The summed E-state index contributed by atoms with van der Waals surface area (Å²) in [6.07, 6.45) is 0. The summed E-state index contributed by atoms with van der Waals surface area (Å²) in [7, 11) is -0.300. The van der Waals surface area contributed by atoms with Crippen molar-refractivity contribution in [2.75, 3.05) is 0 Å². The van der Waals surface area contributed by atoms with Gasteiger partial charge < -0.3 is 9.31 Å². The van der Waals surface area contributed by atoms with Crippen molar-refractivity contribution < 1.29 is 9.31 Å². The van der Waals surface area contributed by atoms with E-state index in [0.717, 1.165) is 5.46 Å². The number of rotatable bonds is 1. The number of benzene rings is 2. The molecular weight excluding hydrogens is 247 g/mol. The molecule has 2 nitrogen and oxygen atoms in total. The van der Waals surface area contributed by atoms with Gasteiger partial charge in [0.15, 0.2) is 0 Å². The molecule has 0 radical (unpaired) electrons. The minimum absolute atomic E-state index is 0.300. The number of hydrogen-bond donors (Lipinski definition) is 0. The van der Waals surface area contributed by atoms with Crippen molar-refractivity contribution in [2.24, 2.45) is 0 Å². The molecule has 3 heteroatoms. The molecule has 2 aromatic carbocycles. The van der Waals surface area contributed by atoms with Gasteiger partial charge in [0.1, 0.15) is 0 Å². The molecule has 1 aliphatic heterocycles. The van der Waals surface area contributed by atoms with Gasteiger partial charge in [-0.3, -0.25) is 0 Å². The van der Waals surface area contributed by atoms with E-state index in [0.29, 0.717) is 0 Å². The van der Waals surface area contributed by atoms with E-state index in [1.807, 2.05) is 0 Å². The van der Waals surface area contributed by atoms with Gasteiger partial charge in [-0.15, -0.1) is 0 Å². The third-order valence-corrected chi connectivity index (χ3v) is 4.68. The Kier molecular flexibility index (Phi) is 2.96. The maximum Gasteiger partial charge on any atom is 0.495 e. The standard InChI is InChI=1S/C17H21BO2/c1-12-10-11-15(14-9-7-6-8-13(12)14)18-19-16(2,3)17(4,5)20-18/h6-11H,1-5H3. The van der Waals surface area contributed by atoms with Crippen LogP contribution in [-0.2, 0) is 9.31 Å². The summed E-state index contributed by atoms with van der Waals surface area (Å²) >= 11 is 0. The van der Waals surface area contributed by atoms with E-state index < -0.39 is 0 Å². The van der Waals surface area contributed by atoms with Crippen molar-refractivity contribution in [1.29, 1.82) is 0 Å². The number of hydrogen-bond acceptors (Lipinski definition) is 2. The van der Waals surface area contributed by atoms with E-state index in [2.05, 4.69) is 71.0 Å². The van der Waals surface area contributed by atoms with Crippen molar-refractivity contribution >= 4 is 23.4 Å². The maximum absolute atomic E-state index is 6.18. The van der Waals surface area contributed by atoms with Gasteiger partial charge in [0, 0.05) is 0 Å². The molecule has 3 rings (SSSR count). The van der Waals surface area contributed by atoms with E-state index in [4.69, 9.17) is 9.31 Å². The zero-order valence-corrected chi connectivity index (χ0v) is 12.9. The van der Waals surface area contributed by atoms with Crippen LogP contribution in [0.15, 0.2) is 36.4 Å². The summed E-state index contributed by atoms with van der Waals surface area (Å²) in [6.45, 7) is 10.5. The summed E-state index contributed by atoms with van der Waals surface area (Å²) in [6, 6.07) is 12.7. The van der Waals surface area contributed by atoms with Crippen LogP contribution in [0.3, 0.4) is 0 Å². The van der Waals surface area contributed by atoms with Gasteiger partial charge in [-0.1, -0.05) is 36.4 Å². The van der Waals surface area contributed by atoms with Crippen molar-refractivity contribution in [3.8, 4) is 0 Å². The van der Waals surface area contributed by atoms with Crippen molar-refractivity contribution in [2.45, 2.75) is 45.8 Å². The summed E-state index contributed by atoms with van der Waals surface area (Å²) in [5.74, 6) is 0. The largest absolute Gasteiger partial charge is 0.495 e. The molecule has 2 aromatic rings. The predicted molar refractivity (Wildman–Crippen MR) is 84.4 cm³/mol. The van der Waals surface area contributed by atoms with Gasteiger partial charge in [0.25, 0.3) is 0 Å². The molecule has 1 saturated heterocycles. The smallest absolute Gasteiger partial charge is 0.399 e. The van der Waals surface area contributed by atoms with E-state index >= 15 is 0 Å². The molecule has 20 heavy (non-hydrogen) atoms. The molecule has 1 fully saturated rings. The fourth-order valence-corrected chi connectivity index (χ4v) is 2.65. The normalized spacial score (nSPS) is 20.6. The second-order valence-electron chi connectivity index (χ2n) is 6.61. The van der Waals surface area contributed by atoms with Gasteiger partial charge in [0.05, 0.1) is 11.2 Å². The molecule has 0 aromatic heterocycles. The quantitative estimate of drug-likeness (QED) is 0.737. The van der Waals surface area contributed by atoms with Crippen LogP contribution in [0.4, 0.5) is 0 Å². The van der Waals surface area contributed by atoms with E-state index in [1.165, 1.54) is 16.3 Å². The molecular formula is C17H21BO2. The zero-order valence-electron chi connectivity index (χ0n) is 12.9. The first-order chi connectivity index (χ1) is 9.32. The number of fused-ring (bicyclic) bond motifs is 1. The highest BCUT2D eigenvalue weighted by atomic mass is 16.7. The van der Waals surface area contributed by atoms with Crippen molar-refractivity contribution in [3.63, 3.8) is 0 Å². The third kappa shape index (κ3) is 1.97. The average molecular weight is 268 g/mol. The molecule has 104 valence electrons. The third-order valence-electron chi connectivity index (χ3n) is 4.68. The van der Waals surface area contributed by atoms with Crippen molar-refractivity contribution in [3.05, 3.63) is 42.0 Å². The van der Waals surface area contributed by atoms with Crippen molar-refractivity contribution in [1.82, 2.24) is 0 Å². The Morgan fingerprint density at radius 1 is 0.800 bits per heavy atom. The first kappa shape index (κ1) is 13.7. The summed E-state index contributed by atoms with van der Waals surface area (Å²) in [5.41, 5.74) is 1.79. The SMILES string of the molecule is Cc1ccc(B2OC(C)(C)C(C)(C)O2)c2ccccc12. The fourth-order valence-electron chi connectivity index (χ4n) is 2.65. The highest BCUT2D eigenvalue weighted by molar-refractivity contribution is 6.65. The minimum atomic E-state index is -0.302. The lowest BCUT2D eigenvalue weighted by molar-refractivity contribution is 0.00578. The molecule has 0 aliphatic carbocycles. The fraction of sp³-hybridized carbons (Fsp3) is 0.412. The van der Waals surface area contributed by atoms with Crippen LogP contribution >= 0.6 is 0 Å². The Morgan fingerprint density at radius 3 is 1.95 bits per heavy atom. The van der Waals surface area contributed by atoms with Crippen LogP contribution in [0.2, 0.25) is 0 Å². The van der Waals surface area contributed by atoms with Gasteiger partial charge in [-0.2, -0.15) is 0 Å². The molecule has 0 N–H and O–H groups in total. The maximum atomic E-state index is 6.18. The van der Waals surface area contributed by atoms with Crippen LogP contribution < -0.4 is 5.46 Å².